The third kappa shape index (κ3) is 8.20. The minimum Gasteiger partial charge on any atom is -0.491 e. The summed E-state index contributed by atoms with van der Waals surface area (Å²) in [4.78, 5) is 7.29. The molecule has 1 aromatic rings. The van der Waals surface area contributed by atoms with E-state index in [4.69, 9.17) is 19.2 Å². The zero-order valence-corrected chi connectivity index (χ0v) is 18.5. The number of nitrogens with zero attached hydrogens (tertiary/aromatic N) is 2. The van der Waals surface area contributed by atoms with Crippen LogP contribution in [0.3, 0.4) is 0 Å². The largest absolute Gasteiger partial charge is 0.491 e. The fourth-order valence-corrected chi connectivity index (χ4v) is 3.51. The van der Waals surface area contributed by atoms with E-state index in [1.165, 1.54) is 18.4 Å². The van der Waals surface area contributed by atoms with Gasteiger partial charge in [0.05, 0.1) is 19.8 Å². The molecule has 1 heterocycles. The molecule has 0 saturated carbocycles. The third-order valence-corrected chi connectivity index (χ3v) is 5.11. The van der Waals surface area contributed by atoms with Crippen LogP contribution < -0.4 is 15.4 Å². The molecule has 2 N–H and O–H groups in total. The lowest BCUT2D eigenvalue weighted by molar-refractivity contribution is 0.141. The fraction of sp³-hybridized carbons (Fsp3) is 0.682. The number of benzene rings is 1. The Morgan fingerprint density at radius 2 is 2.00 bits per heavy atom. The van der Waals surface area contributed by atoms with Crippen molar-refractivity contribution in [2.75, 3.05) is 60.2 Å². The average Bonchev–Trinajstić information content (AvgIpc) is 3.17. The van der Waals surface area contributed by atoms with E-state index in [1.54, 1.807) is 14.2 Å². The molecule has 0 spiro atoms. The van der Waals surface area contributed by atoms with Crippen LogP contribution in [0.15, 0.2) is 23.2 Å². The number of nitrogens with one attached hydrogen (secondary N) is 2. The summed E-state index contributed by atoms with van der Waals surface area (Å²) < 4.78 is 16.2. The average molecular weight is 407 g/mol. The van der Waals surface area contributed by atoms with Gasteiger partial charge in [-0.1, -0.05) is 12.1 Å². The van der Waals surface area contributed by atoms with Crippen LogP contribution in [0, 0.1) is 6.92 Å². The van der Waals surface area contributed by atoms with Crippen LogP contribution in [0.25, 0.3) is 0 Å². The normalized spacial score (nSPS) is 17.5. The molecule has 0 radical (unpaired) electrons. The smallest absolute Gasteiger partial charge is 0.191 e. The summed E-state index contributed by atoms with van der Waals surface area (Å²) in [6.07, 6.45) is 2.46. The van der Waals surface area contributed by atoms with Crippen molar-refractivity contribution in [1.29, 1.82) is 0 Å². The molecule has 7 nitrogen and oxygen atoms in total. The number of aryl methyl sites for hydroxylation is 1. The Labute approximate surface area is 175 Å². The van der Waals surface area contributed by atoms with Gasteiger partial charge in [0, 0.05) is 45.5 Å². The molecule has 0 amide bonds. The van der Waals surface area contributed by atoms with Crippen molar-refractivity contribution in [3.63, 3.8) is 0 Å². The van der Waals surface area contributed by atoms with Gasteiger partial charge in [-0.25, -0.2) is 4.99 Å². The van der Waals surface area contributed by atoms with Crippen LogP contribution in [0.4, 0.5) is 0 Å². The minimum atomic E-state index is 0.529. The van der Waals surface area contributed by atoms with E-state index in [9.17, 15) is 0 Å². The van der Waals surface area contributed by atoms with Crippen molar-refractivity contribution in [3.05, 3.63) is 29.3 Å². The molecule has 7 heteroatoms. The van der Waals surface area contributed by atoms with E-state index in [0.717, 1.165) is 50.1 Å². The fourth-order valence-electron chi connectivity index (χ4n) is 3.51. The predicted molar refractivity (Wildman–Crippen MR) is 118 cm³/mol. The molecule has 1 unspecified atom stereocenters. The molecule has 1 aromatic carbocycles. The highest BCUT2D eigenvalue weighted by atomic mass is 16.5. The Hall–Kier alpha value is -1.83. The number of rotatable bonds is 12. The van der Waals surface area contributed by atoms with Gasteiger partial charge in [0.1, 0.15) is 12.4 Å². The van der Waals surface area contributed by atoms with Crippen molar-refractivity contribution in [2.24, 2.45) is 4.99 Å². The zero-order chi connectivity index (χ0) is 20.9. The molecule has 2 rings (SSSR count). The van der Waals surface area contributed by atoms with Gasteiger partial charge < -0.3 is 24.8 Å². The molecular weight excluding hydrogens is 368 g/mol. The van der Waals surface area contributed by atoms with Crippen LogP contribution in [0.1, 0.15) is 30.9 Å². The second-order valence-electron chi connectivity index (χ2n) is 7.35. The van der Waals surface area contributed by atoms with Crippen molar-refractivity contribution < 1.29 is 14.2 Å². The van der Waals surface area contributed by atoms with Crippen molar-refractivity contribution in [2.45, 2.75) is 39.3 Å². The number of hydrogen-bond acceptors (Lipinski definition) is 5. The summed E-state index contributed by atoms with van der Waals surface area (Å²) in [7, 11) is 3.44. The van der Waals surface area contributed by atoms with Crippen LogP contribution >= 0.6 is 0 Å². The topological polar surface area (TPSA) is 67.4 Å². The number of likely N-dealkylation sites (tertiary alicyclic amines) is 1. The maximum atomic E-state index is 5.89. The lowest BCUT2D eigenvalue weighted by Crippen LogP contribution is -2.45. The first-order valence-corrected chi connectivity index (χ1v) is 10.6. The van der Waals surface area contributed by atoms with Crippen LogP contribution in [-0.2, 0) is 16.0 Å². The van der Waals surface area contributed by atoms with Gasteiger partial charge in [0.15, 0.2) is 5.96 Å². The molecule has 1 fully saturated rings. The van der Waals surface area contributed by atoms with Gasteiger partial charge in [0.2, 0.25) is 0 Å². The number of aliphatic imine (C=N–C) groups is 1. The quantitative estimate of drug-likeness (QED) is 0.315. The number of guanidine groups is 1. The van der Waals surface area contributed by atoms with E-state index >= 15 is 0 Å². The molecule has 1 atom stereocenters. The maximum absolute atomic E-state index is 5.89. The Morgan fingerprint density at radius 3 is 2.76 bits per heavy atom. The lowest BCUT2D eigenvalue weighted by Gasteiger charge is -2.25. The molecule has 29 heavy (non-hydrogen) atoms. The number of ether oxygens (including phenoxy) is 3. The monoisotopic (exact) mass is 406 g/mol. The van der Waals surface area contributed by atoms with E-state index in [0.29, 0.717) is 25.8 Å². The van der Waals surface area contributed by atoms with Crippen LogP contribution in [-0.4, -0.2) is 77.1 Å². The van der Waals surface area contributed by atoms with E-state index in [2.05, 4.69) is 47.6 Å². The minimum absolute atomic E-state index is 0.529. The Bertz CT molecular complexity index is 624. The van der Waals surface area contributed by atoms with E-state index < -0.39 is 0 Å². The molecule has 1 saturated heterocycles. The molecule has 0 bridgehead atoms. The summed E-state index contributed by atoms with van der Waals surface area (Å²) in [6, 6.07) is 6.78. The van der Waals surface area contributed by atoms with Gasteiger partial charge in [-0.05, 0) is 44.9 Å². The molecule has 0 aliphatic carbocycles. The van der Waals surface area contributed by atoms with Gasteiger partial charge in [-0.2, -0.15) is 0 Å². The van der Waals surface area contributed by atoms with Crippen LogP contribution in [0.5, 0.6) is 5.75 Å². The van der Waals surface area contributed by atoms with Gasteiger partial charge in [0.25, 0.3) is 0 Å². The van der Waals surface area contributed by atoms with E-state index in [1.807, 2.05) is 0 Å². The zero-order valence-electron chi connectivity index (χ0n) is 18.5. The second-order valence-corrected chi connectivity index (χ2v) is 7.35. The third-order valence-electron chi connectivity index (χ3n) is 5.11. The highest BCUT2D eigenvalue weighted by molar-refractivity contribution is 5.79. The first kappa shape index (κ1) is 23.4. The van der Waals surface area contributed by atoms with Gasteiger partial charge in [-0.3, -0.25) is 4.90 Å². The summed E-state index contributed by atoms with van der Waals surface area (Å²) >= 11 is 0. The van der Waals surface area contributed by atoms with Crippen molar-refractivity contribution in [3.8, 4) is 5.75 Å². The SMILES string of the molecule is CCNC(=NCc1ccc(C)cc1OCCOC)NCC1CCCN1CCOC. The summed E-state index contributed by atoms with van der Waals surface area (Å²) in [5.41, 5.74) is 2.25. The number of hydrogen-bond donors (Lipinski definition) is 2. The molecule has 164 valence electrons. The standard InChI is InChI=1S/C22H38N4O3/c1-5-23-22(25-17-20-7-6-10-26(20)11-12-27-3)24-16-19-9-8-18(2)15-21(19)29-14-13-28-4/h8-9,15,20H,5-7,10-14,16-17H2,1-4H3,(H2,23,24,25). The van der Waals surface area contributed by atoms with Crippen LogP contribution in [0.2, 0.25) is 0 Å². The summed E-state index contributed by atoms with van der Waals surface area (Å²) in [6.45, 7) is 10.5. The van der Waals surface area contributed by atoms with Gasteiger partial charge in [-0.15, -0.1) is 0 Å². The maximum Gasteiger partial charge on any atom is 0.191 e. The van der Waals surface area contributed by atoms with Crippen molar-refractivity contribution >= 4 is 5.96 Å². The highest BCUT2D eigenvalue weighted by Gasteiger charge is 2.23. The first-order chi connectivity index (χ1) is 14.2. The molecule has 0 aromatic heterocycles. The van der Waals surface area contributed by atoms with Crippen molar-refractivity contribution in [1.82, 2.24) is 15.5 Å². The Balaban J connectivity index is 1.96. The number of methoxy groups -OCH3 is 2. The van der Waals surface area contributed by atoms with Gasteiger partial charge >= 0.3 is 0 Å². The summed E-state index contributed by atoms with van der Waals surface area (Å²) in [5, 5.41) is 6.87. The molecule has 1 aliphatic rings. The Kier molecular flexibility index (Phi) is 10.8. The summed E-state index contributed by atoms with van der Waals surface area (Å²) in [5.74, 6) is 1.72. The molecule has 1 aliphatic heterocycles. The second kappa shape index (κ2) is 13.4. The highest BCUT2D eigenvalue weighted by Crippen LogP contribution is 2.21. The first-order valence-electron chi connectivity index (χ1n) is 10.6. The lowest BCUT2D eigenvalue weighted by atomic mass is 10.1. The predicted octanol–water partition coefficient (Wildman–Crippen LogP) is 2.19. The Morgan fingerprint density at radius 1 is 1.17 bits per heavy atom. The van der Waals surface area contributed by atoms with E-state index in [-0.39, 0.29) is 0 Å². The molecular formula is C22H38N4O3.